The summed E-state index contributed by atoms with van der Waals surface area (Å²) in [4.78, 5) is 10.5. The fourth-order valence-electron chi connectivity index (χ4n) is 2.84. The zero-order valence-electron chi connectivity index (χ0n) is 11.6. The first-order chi connectivity index (χ1) is 9.50. The molecular formula is C14H20BrClN2O3. The van der Waals surface area contributed by atoms with Crippen molar-refractivity contribution in [2.45, 2.75) is 44.2 Å². The lowest BCUT2D eigenvalue weighted by atomic mass is 9.81. The molecule has 1 aliphatic carbocycles. The fraction of sp³-hybridized carbons (Fsp3) is 0.571. The molecule has 0 radical (unpaired) electrons. The summed E-state index contributed by atoms with van der Waals surface area (Å²) in [6, 6.07) is 4.21. The van der Waals surface area contributed by atoms with Gasteiger partial charge in [0.1, 0.15) is 0 Å². The smallest absolute Gasteiger partial charge is 0.283 e. The molecule has 0 aliphatic heterocycles. The minimum atomic E-state index is -0.643. The lowest BCUT2D eigenvalue weighted by Crippen LogP contribution is -2.34. The minimum Gasteiger partial charge on any atom is -0.391 e. The molecule has 21 heavy (non-hydrogen) atoms. The quantitative estimate of drug-likeness (QED) is 0.616. The highest BCUT2D eigenvalue weighted by Gasteiger charge is 2.28. The molecule has 7 heteroatoms. The van der Waals surface area contributed by atoms with Gasteiger partial charge < -0.3 is 10.8 Å². The molecule has 0 bridgehead atoms. The summed E-state index contributed by atoms with van der Waals surface area (Å²) in [6.45, 7) is 0. The zero-order valence-corrected chi connectivity index (χ0v) is 14.0. The molecule has 2 rings (SSSR count). The normalized spacial score (nSPS) is 18.6. The van der Waals surface area contributed by atoms with Gasteiger partial charge in [-0.3, -0.25) is 10.1 Å². The molecule has 0 unspecified atom stereocenters. The van der Waals surface area contributed by atoms with Crippen molar-refractivity contribution in [2.75, 3.05) is 0 Å². The van der Waals surface area contributed by atoms with E-state index in [-0.39, 0.29) is 24.0 Å². The van der Waals surface area contributed by atoms with Gasteiger partial charge in [-0.15, -0.1) is 12.4 Å². The van der Waals surface area contributed by atoms with E-state index in [0.29, 0.717) is 10.0 Å². The summed E-state index contributed by atoms with van der Waals surface area (Å²) in [5, 5.41) is 21.3. The Labute approximate surface area is 138 Å². The average Bonchev–Trinajstić information content (AvgIpc) is 2.47. The van der Waals surface area contributed by atoms with Gasteiger partial charge in [-0.05, 0) is 46.3 Å². The van der Waals surface area contributed by atoms with Gasteiger partial charge in [-0.1, -0.05) is 25.3 Å². The molecular weight excluding hydrogens is 360 g/mol. The largest absolute Gasteiger partial charge is 0.391 e. The van der Waals surface area contributed by atoms with E-state index in [1.807, 2.05) is 0 Å². The van der Waals surface area contributed by atoms with Gasteiger partial charge in [0.25, 0.3) is 5.69 Å². The summed E-state index contributed by atoms with van der Waals surface area (Å²) in [5.74, 6) is 0.196. The van der Waals surface area contributed by atoms with Gasteiger partial charge in [0.2, 0.25) is 0 Å². The van der Waals surface area contributed by atoms with Crippen LogP contribution in [0, 0.1) is 16.0 Å². The highest BCUT2D eigenvalue weighted by Crippen LogP contribution is 2.33. The molecule has 1 aromatic rings. The van der Waals surface area contributed by atoms with Crippen molar-refractivity contribution in [2.24, 2.45) is 11.7 Å². The van der Waals surface area contributed by atoms with Crippen molar-refractivity contribution in [3.8, 4) is 0 Å². The van der Waals surface area contributed by atoms with E-state index in [0.717, 1.165) is 25.7 Å². The Morgan fingerprint density at radius 3 is 2.52 bits per heavy atom. The molecule has 1 aliphatic rings. The number of halogens is 2. The summed E-state index contributed by atoms with van der Waals surface area (Å²) in [7, 11) is 0. The maximum atomic E-state index is 10.9. The van der Waals surface area contributed by atoms with E-state index in [4.69, 9.17) is 5.73 Å². The first kappa shape index (κ1) is 18.4. The lowest BCUT2D eigenvalue weighted by Gasteiger charge is -2.30. The first-order valence-electron chi connectivity index (χ1n) is 6.88. The van der Waals surface area contributed by atoms with E-state index < -0.39 is 17.1 Å². The zero-order chi connectivity index (χ0) is 14.7. The van der Waals surface area contributed by atoms with Crippen molar-refractivity contribution >= 4 is 34.0 Å². The Bertz CT molecular complexity index is 495. The Morgan fingerprint density at radius 2 is 1.95 bits per heavy atom. The number of hydrogen-bond donors (Lipinski definition) is 2. The highest BCUT2D eigenvalue weighted by atomic mass is 79.9. The van der Waals surface area contributed by atoms with Crippen LogP contribution in [0.4, 0.5) is 5.69 Å². The van der Waals surface area contributed by atoms with Crippen LogP contribution in [0.2, 0.25) is 0 Å². The maximum absolute atomic E-state index is 10.9. The average molecular weight is 380 g/mol. The van der Waals surface area contributed by atoms with E-state index in [1.54, 1.807) is 12.1 Å². The van der Waals surface area contributed by atoms with Gasteiger partial charge in [0, 0.05) is 6.07 Å². The number of aliphatic hydroxyl groups is 1. The third kappa shape index (κ3) is 4.39. The van der Waals surface area contributed by atoms with Crippen LogP contribution >= 0.6 is 28.3 Å². The van der Waals surface area contributed by atoms with E-state index in [2.05, 4.69) is 15.9 Å². The molecule has 0 spiro atoms. The number of hydrogen-bond acceptors (Lipinski definition) is 4. The van der Waals surface area contributed by atoms with Crippen LogP contribution in [0.3, 0.4) is 0 Å². The summed E-state index contributed by atoms with van der Waals surface area (Å²) in [5.41, 5.74) is 6.69. The van der Waals surface area contributed by atoms with E-state index >= 15 is 0 Å². The maximum Gasteiger partial charge on any atom is 0.283 e. The topological polar surface area (TPSA) is 89.4 Å². The van der Waals surface area contributed by atoms with E-state index in [1.165, 1.54) is 12.5 Å². The summed E-state index contributed by atoms with van der Waals surface area (Å²) < 4.78 is 0.422. The van der Waals surface area contributed by atoms with Crippen LogP contribution in [-0.2, 0) is 0 Å². The minimum absolute atomic E-state index is 0. The molecule has 0 saturated heterocycles. The van der Waals surface area contributed by atoms with Crippen molar-refractivity contribution in [3.63, 3.8) is 0 Å². The Kier molecular flexibility index (Phi) is 7.06. The molecule has 5 nitrogen and oxygen atoms in total. The van der Waals surface area contributed by atoms with Crippen LogP contribution in [0.15, 0.2) is 22.7 Å². The number of nitro benzene ring substituents is 1. The SMILES string of the molecule is Cl.N[C@@H](c1ccc(Br)c([N+](=O)[O-])c1)[C@H](O)C1CCCCC1. The Hall–Kier alpha value is -0.690. The number of rotatable bonds is 4. The third-order valence-electron chi connectivity index (χ3n) is 4.05. The predicted molar refractivity (Wildman–Crippen MR) is 87.6 cm³/mol. The number of benzene rings is 1. The standard InChI is InChI=1S/C14H19BrN2O3.ClH/c15-11-7-6-10(8-12(11)17(19)20)13(16)14(18)9-4-2-1-3-5-9;/h6-9,13-14,18H,1-5,16H2;1H/t13-,14+;/m0./s1. The molecule has 3 N–H and O–H groups in total. The number of nitrogens with two attached hydrogens (primary N) is 1. The van der Waals surface area contributed by atoms with Crippen LogP contribution in [-0.4, -0.2) is 16.1 Å². The van der Waals surface area contributed by atoms with Crippen LogP contribution < -0.4 is 5.73 Å². The molecule has 0 heterocycles. The second-order valence-electron chi connectivity index (χ2n) is 5.38. The Morgan fingerprint density at radius 1 is 1.33 bits per heavy atom. The van der Waals surface area contributed by atoms with E-state index in [9.17, 15) is 15.2 Å². The molecule has 0 amide bonds. The molecule has 0 aromatic heterocycles. The third-order valence-corrected chi connectivity index (χ3v) is 4.72. The highest BCUT2D eigenvalue weighted by molar-refractivity contribution is 9.10. The van der Waals surface area contributed by atoms with Crippen molar-refractivity contribution in [1.82, 2.24) is 0 Å². The van der Waals surface area contributed by atoms with Crippen molar-refractivity contribution in [3.05, 3.63) is 38.3 Å². The molecule has 1 aromatic carbocycles. The van der Waals surface area contributed by atoms with Gasteiger partial charge in [-0.2, -0.15) is 0 Å². The summed E-state index contributed by atoms with van der Waals surface area (Å²) in [6.07, 6.45) is 4.77. The lowest BCUT2D eigenvalue weighted by molar-refractivity contribution is -0.385. The number of nitrogens with zero attached hydrogens (tertiary/aromatic N) is 1. The number of nitro groups is 1. The molecule has 2 atom stereocenters. The number of aliphatic hydroxyl groups excluding tert-OH is 1. The molecule has 118 valence electrons. The molecule has 1 fully saturated rings. The Balaban J connectivity index is 0.00000220. The second-order valence-corrected chi connectivity index (χ2v) is 6.24. The first-order valence-corrected chi connectivity index (χ1v) is 7.67. The summed E-state index contributed by atoms with van der Waals surface area (Å²) >= 11 is 3.15. The van der Waals surface area contributed by atoms with Crippen LogP contribution in [0.25, 0.3) is 0 Å². The van der Waals surface area contributed by atoms with Gasteiger partial charge >= 0.3 is 0 Å². The van der Waals surface area contributed by atoms with Gasteiger partial charge in [0.15, 0.2) is 0 Å². The van der Waals surface area contributed by atoms with Gasteiger partial charge in [-0.25, -0.2) is 0 Å². The fourth-order valence-corrected chi connectivity index (χ4v) is 3.23. The van der Waals surface area contributed by atoms with Gasteiger partial charge in [0.05, 0.1) is 21.5 Å². The van der Waals surface area contributed by atoms with Crippen molar-refractivity contribution < 1.29 is 10.0 Å². The predicted octanol–water partition coefficient (Wildman–Crippen LogP) is 3.72. The van der Waals surface area contributed by atoms with Crippen LogP contribution in [0.1, 0.15) is 43.7 Å². The second kappa shape index (κ2) is 8.08. The van der Waals surface area contributed by atoms with Crippen molar-refractivity contribution in [1.29, 1.82) is 0 Å². The monoisotopic (exact) mass is 378 g/mol. The van der Waals surface area contributed by atoms with Crippen LogP contribution in [0.5, 0.6) is 0 Å². The molecule has 1 saturated carbocycles.